The third-order valence-corrected chi connectivity index (χ3v) is 4.06. The van der Waals surface area contributed by atoms with Gasteiger partial charge < -0.3 is 9.47 Å². The van der Waals surface area contributed by atoms with E-state index in [1.807, 2.05) is 0 Å². The normalized spacial score (nSPS) is 13.5. The maximum Gasteiger partial charge on any atom is 0.269 e. The first-order valence-corrected chi connectivity index (χ1v) is 7.66. The lowest BCUT2D eigenvalue weighted by Gasteiger charge is -2.22. The molecule has 1 saturated carbocycles. The number of benzene rings is 1. The van der Waals surface area contributed by atoms with E-state index in [-0.39, 0.29) is 23.2 Å². The summed E-state index contributed by atoms with van der Waals surface area (Å²) in [6, 6.07) is 9.35. The zero-order valence-corrected chi connectivity index (χ0v) is 13.2. The van der Waals surface area contributed by atoms with E-state index in [0.717, 1.165) is 12.8 Å². The predicted molar refractivity (Wildman–Crippen MR) is 87.7 cm³/mol. The van der Waals surface area contributed by atoms with Crippen molar-refractivity contribution in [2.24, 2.45) is 7.05 Å². The molecular formula is C17H17N3O4. The Morgan fingerprint density at radius 3 is 2.71 bits per heavy atom. The van der Waals surface area contributed by atoms with Crippen LogP contribution < -0.4 is 5.56 Å². The van der Waals surface area contributed by atoms with Crippen LogP contribution in [-0.4, -0.2) is 26.3 Å². The van der Waals surface area contributed by atoms with Gasteiger partial charge in [0.05, 0.1) is 10.5 Å². The largest absolute Gasteiger partial charge is 0.331 e. The molecule has 1 aliphatic rings. The maximum atomic E-state index is 12.8. The first-order valence-electron chi connectivity index (χ1n) is 7.66. The number of carbonyl (C=O) groups excluding carboxylic acids is 1. The Bertz CT molecular complexity index is 855. The summed E-state index contributed by atoms with van der Waals surface area (Å²) in [5, 5.41) is 10.9. The van der Waals surface area contributed by atoms with Crippen LogP contribution in [0.2, 0.25) is 0 Å². The summed E-state index contributed by atoms with van der Waals surface area (Å²) in [6.45, 7) is 0.314. The minimum Gasteiger partial charge on any atom is -0.331 e. The first kappa shape index (κ1) is 15.9. The lowest BCUT2D eigenvalue weighted by Crippen LogP contribution is -2.33. The summed E-state index contributed by atoms with van der Waals surface area (Å²) >= 11 is 0. The second-order valence-electron chi connectivity index (χ2n) is 5.96. The number of nitrogens with zero attached hydrogens (tertiary/aromatic N) is 3. The molecule has 3 rings (SSSR count). The topological polar surface area (TPSA) is 85.4 Å². The average molecular weight is 327 g/mol. The van der Waals surface area contributed by atoms with Gasteiger partial charge in [0.15, 0.2) is 0 Å². The number of hydrogen-bond acceptors (Lipinski definition) is 4. The van der Waals surface area contributed by atoms with Gasteiger partial charge in [0.1, 0.15) is 0 Å². The van der Waals surface area contributed by atoms with Gasteiger partial charge in [-0.3, -0.25) is 19.7 Å². The number of rotatable bonds is 5. The summed E-state index contributed by atoms with van der Waals surface area (Å²) in [4.78, 5) is 36.4. The molecule has 0 N–H and O–H groups in total. The summed E-state index contributed by atoms with van der Waals surface area (Å²) < 4.78 is 1.37. The molecule has 1 heterocycles. The summed E-state index contributed by atoms with van der Waals surface area (Å²) in [6.07, 6.45) is 3.37. The molecule has 1 aromatic carbocycles. The maximum absolute atomic E-state index is 12.8. The molecule has 0 radical (unpaired) electrons. The summed E-state index contributed by atoms with van der Waals surface area (Å²) in [5.74, 6) is -0.167. The van der Waals surface area contributed by atoms with Crippen LogP contribution >= 0.6 is 0 Å². The van der Waals surface area contributed by atoms with E-state index in [0.29, 0.717) is 17.7 Å². The molecule has 2 aromatic rings. The van der Waals surface area contributed by atoms with Crippen LogP contribution in [0.15, 0.2) is 47.4 Å². The van der Waals surface area contributed by atoms with Gasteiger partial charge in [0, 0.05) is 44.0 Å². The first-order chi connectivity index (χ1) is 11.5. The highest BCUT2D eigenvalue weighted by Gasteiger charge is 2.33. The standard InChI is InChI=1S/C17H17N3O4/c1-18-11-13(5-8-16(18)21)17(22)19(14-6-7-14)10-12-3-2-4-15(9-12)20(23)24/h2-5,8-9,11,14H,6-7,10H2,1H3. The average Bonchev–Trinajstić information content (AvgIpc) is 3.39. The van der Waals surface area contributed by atoms with E-state index in [2.05, 4.69) is 0 Å². The van der Waals surface area contributed by atoms with E-state index in [1.54, 1.807) is 24.1 Å². The van der Waals surface area contributed by atoms with Crippen molar-refractivity contribution < 1.29 is 9.72 Å². The molecular weight excluding hydrogens is 310 g/mol. The number of hydrogen-bond donors (Lipinski definition) is 0. The minimum absolute atomic E-state index is 0.0119. The van der Waals surface area contributed by atoms with Crippen molar-refractivity contribution in [3.8, 4) is 0 Å². The number of nitro benzene ring substituents is 1. The fourth-order valence-corrected chi connectivity index (χ4v) is 2.60. The lowest BCUT2D eigenvalue weighted by atomic mass is 10.1. The zero-order valence-electron chi connectivity index (χ0n) is 13.2. The van der Waals surface area contributed by atoms with Crippen molar-refractivity contribution in [2.45, 2.75) is 25.4 Å². The molecule has 7 nitrogen and oxygen atoms in total. The zero-order chi connectivity index (χ0) is 17.3. The number of nitro groups is 1. The van der Waals surface area contributed by atoms with Crippen LogP contribution in [0.1, 0.15) is 28.8 Å². The van der Waals surface area contributed by atoms with Gasteiger partial charge in [-0.05, 0) is 24.5 Å². The highest BCUT2D eigenvalue weighted by molar-refractivity contribution is 5.94. The SMILES string of the molecule is Cn1cc(C(=O)N(Cc2cccc([N+](=O)[O-])c2)C2CC2)ccc1=O. The smallest absolute Gasteiger partial charge is 0.269 e. The molecule has 1 fully saturated rings. The third-order valence-electron chi connectivity index (χ3n) is 4.06. The molecule has 0 saturated heterocycles. The second kappa shape index (κ2) is 6.27. The number of aryl methyl sites for hydroxylation is 1. The molecule has 24 heavy (non-hydrogen) atoms. The molecule has 0 spiro atoms. The van der Waals surface area contributed by atoms with Crippen LogP contribution in [-0.2, 0) is 13.6 Å². The highest BCUT2D eigenvalue weighted by atomic mass is 16.6. The summed E-state index contributed by atoms with van der Waals surface area (Å²) in [5.41, 5.74) is 0.990. The highest BCUT2D eigenvalue weighted by Crippen LogP contribution is 2.30. The molecule has 1 aliphatic carbocycles. The fraction of sp³-hybridized carbons (Fsp3) is 0.294. The van der Waals surface area contributed by atoms with E-state index >= 15 is 0 Å². The minimum atomic E-state index is -0.445. The Kier molecular flexibility index (Phi) is 4.16. The number of carbonyl (C=O) groups is 1. The van der Waals surface area contributed by atoms with Gasteiger partial charge in [-0.2, -0.15) is 0 Å². The lowest BCUT2D eigenvalue weighted by molar-refractivity contribution is -0.384. The fourth-order valence-electron chi connectivity index (χ4n) is 2.60. The van der Waals surface area contributed by atoms with Gasteiger partial charge >= 0.3 is 0 Å². The number of amides is 1. The van der Waals surface area contributed by atoms with E-state index in [4.69, 9.17) is 0 Å². The number of aromatic nitrogens is 1. The van der Waals surface area contributed by atoms with Crippen molar-refractivity contribution in [1.82, 2.24) is 9.47 Å². The molecule has 0 atom stereocenters. The van der Waals surface area contributed by atoms with E-state index in [9.17, 15) is 19.7 Å². The van der Waals surface area contributed by atoms with Gasteiger partial charge in [-0.1, -0.05) is 12.1 Å². The Morgan fingerprint density at radius 1 is 1.33 bits per heavy atom. The van der Waals surface area contributed by atoms with Crippen molar-refractivity contribution >= 4 is 11.6 Å². The van der Waals surface area contributed by atoms with Gasteiger partial charge in [-0.15, -0.1) is 0 Å². The Balaban J connectivity index is 1.86. The van der Waals surface area contributed by atoms with Gasteiger partial charge in [0.2, 0.25) is 5.56 Å². The number of non-ortho nitro benzene ring substituents is 1. The predicted octanol–water partition coefficient (Wildman–Crippen LogP) is 2.10. The molecule has 7 heteroatoms. The van der Waals surface area contributed by atoms with Crippen LogP contribution in [0.25, 0.3) is 0 Å². The Morgan fingerprint density at radius 2 is 2.08 bits per heavy atom. The van der Waals surface area contributed by atoms with Crippen molar-refractivity contribution in [2.75, 3.05) is 0 Å². The number of pyridine rings is 1. The van der Waals surface area contributed by atoms with Crippen molar-refractivity contribution in [1.29, 1.82) is 0 Å². The van der Waals surface area contributed by atoms with Crippen molar-refractivity contribution in [3.63, 3.8) is 0 Å². The second-order valence-corrected chi connectivity index (χ2v) is 5.96. The molecule has 0 aliphatic heterocycles. The van der Waals surface area contributed by atoms with Crippen molar-refractivity contribution in [3.05, 3.63) is 74.2 Å². The van der Waals surface area contributed by atoms with Gasteiger partial charge in [0.25, 0.3) is 11.6 Å². The van der Waals surface area contributed by atoms with Crippen LogP contribution in [0, 0.1) is 10.1 Å². The molecule has 1 amide bonds. The molecule has 0 unspecified atom stereocenters. The third kappa shape index (κ3) is 3.34. The molecule has 124 valence electrons. The molecule has 0 bridgehead atoms. The van der Waals surface area contributed by atoms with E-state index in [1.165, 1.54) is 35.0 Å². The van der Waals surface area contributed by atoms with Gasteiger partial charge in [-0.25, -0.2) is 0 Å². The van der Waals surface area contributed by atoms with Crippen LogP contribution in [0.5, 0.6) is 0 Å². The van der Waals surface area contributed by atoms with E-state index < -0.39 is 4.92 Å². The molecule has 1 aromatic heterocycles. The summed E-state index contributed by atoms with van der Waals surface area (Å²) in [7, 11) is 1.60. The van der Waals surface area contributed by atoms with Crippen LogP contribution in [0.4, 0.5) is 5.69 Å². The van der Waals surface area contributed by atoms with Crippen LogP contribution in [0.3, 0.4) is 0 Å². The Hall–Kier alpha value is -2.96. The quantitative estimate of drug-likeness (QED) is 0.622. The monoisotopic (exact) mass is 327 g/mol. The Labute approximate surface area is 138 Å².